The zero-order chi connectivity index (χ0) is 16.8. The zero-order valence-corrected chi connectivity index (χ0v) is 14.2. The second-order valence-electron chi connectivity index (χ2n) is 5.29. The van der Waals surface area contributed by atoms with Crippen LogP contribution in [0.25, 0.3) is 11.5 Å². The highest BCUT2D eigenvalue weighted by molar-refractivity contribution is 7.99. The number of aryl methyl sites for hydroxylation is 1. The van der Waals surface area contributed by atoms with Gasteiger partial charge in [0.2, 0.25) is 11.8 Å². The van der Waals surface area contributed by atoms with E-state index in [1.807, 2.05) is 67.6 Å². The van der Waals surface area contributed by atoms with Crippen LogP contribution in [0.5, 0.6) is 0 Å². The van der Waals surface area contributed by atoms with Gasteiger partial charge in [-0.1, -0.05) is 36.4 Å². The van der Waals surface area contributed by atoms with E-state index in [1.54, 1.807) is 0 Å². The Morgan fingerprint density at radius 1 is 1.08 bits per heavy atom. The summed E-state index contributed by atoms with van der Waals surface area (Å²) in [6.45, 7) is 1.90. The van der Waals surface area contributed by atoms with Crippen LogP contribution in [0.15, 0.2) is 65.1 Å². The van der Waals surface area contributed by atoms with Gasteiger partial charge < -0.3 is 9.73 Å². The molecular weight excluding hydrogens is 320 g/mol. The van der Waals surface area contributed by atoms with E-state index in [0.29, 0.717) is 17.4 Å². The van der Waals surface area contributed by atoms with Crippen LogP contribution in [0.1, 0.15) is 11.5 Å². The van der Waals surface area contributed by atoms with Crippen LogP contribution in [0.3, 0.4) is 0 Å². The maximum Gasteiger partial charge on any atom is 0.234 e. The number of amides is 1. The number of carbonyl (C=O) groups is 1. The van der Waals surface area contributed by atoms with Crippen molar-refractivity contribution in [1.82, 2.24) is 4.98 Å². The Morgan fingerprint density at radius 2 is 1.75 bits per heavy atom. The molecule has 24 heavy (non-hydrogen) atoms. The second-order valence-corrected chi connectivity index (χ2v) is 6.28. The molecule has 0 aliphatic carbocycles. The third-order valence-electron chi connectivity index (χ3n) is 3.44. The normalized spacial score (nSPS) is 10.5. The molecule has 0 bridgehead atoms. The molecule has 0 aliphatic rings. The fourth-order valence-corrected chi connectivity index (χ4v) is 3.05. The molecule has 4 nitrogen and oxygen atoms in total. The number of para-hydroxylation sites is 1. The summed E-state index contributed by atoms with van der Waals surface area (Å²) in [5.74, 6) is 2.42. The lowest BCUT2D eigenvalue weighted by molar-refractivity contribution is -0.113. The van der Waals surface area contributed by atoms with E-state index in [2.05, 4.69) is 10.3 Å². The molecule has 0 saturated heterocycles. The lowest BCUT2D eigenvalue weighted by Crippen LogP contribution is -2.14. The number of aromatic nitrogens is 1. The number of hydrogen-bond acceptors (Lipinski definition) is 4. The van der Waals surface area contributed by atoms with Crippen LogP contribution in [0.2, 0.25) is 0 Å². The summed E-state index contributed by atoms with van der Waals surface area (Å²) in [6.07, 6.45) is 0. The highest BCUT2D eigenvalue weighted by Gasteiger charge is 2.12. The van der Waals surface area contributed by atoms with Crippen molar-refractivity contribution in [1.29, 1.82) is 0 Å². The maximum atomic E-state index is 11.9. The Bertz CT molecular complexity index is 801. The van der Waals surface area contributed by atoms with Crippen molar-refractivity contribution in [2.75, 3.05) is 11.1 Å². The third-order valence-corrected chi connectivity index (χ3v) is 4.39. The van der Waals surface area contributed by atoms with Crippen molar-refractivity contribution < 1.29 is 9.21 Å². The molecule has 3 rings (SSSR count). The smallest absolute Gasteiger partial charge is 0.234 e. The average Bonchev–Trinajstić information content (AvgIpc) is 2.98. The standard InChI is InChI=1S/C19H18N2O2S/c1-14-17(21-19(23-14)15-8-4-2-5-9-15)12-24-13-18(22)20-16-10-6-3-7-11-16/h2-11H,12-13H2,1H3,(H,20,22). The Hall–Kier alpha value is -2.53. The highest BCUT2D eigenvalue weighted by atomic mass is 32.2. The van der Waals surface area contributed by atoms with Gasteiger partial charge in [-0.05, 0) is 31.2 Å². The van der Waals surface area contributed by atoms with Crippen LogP contribution in [0, 0.1) is 6.92 Å². The van der Waals surface area contributed by atoms with E-state index in [-0.39, 0.29) is 5.91 Å². The van der Waals surface area contributed by atoms with Crippen LogP contribution < -0.4 is 5.32 Å². The average molecular weight is 338 g/mol. The summed E-state index contributed by atoms with van der Waals surface area (Å²) in [7, 11) is 0. The predicted molar refractivity (Wildman–Crippen MR) is 97.9 cm³/mol. The van der Waals surface area contributed by atoms with E-state index in [1.165, 1.54) is 11.8 Å². The summed E-state index contributed by atoms with van der Waals surface area (Å²) in [4.78, 5) is 16.5. The van der Waals surface area contributed by atoms with Crippen molar-refractivity contribution in [3.63, 3.8) is 0 Å². The highest BCUT2D eigenvalue weighted by Crippen LogP contribution is 2.24. The van der Waals surface area contributed by atoms with Crippen LogP contribution in [-0.4, -0.2) is 16.6 Å². The molecule has 0 spiro atoms. The summed E-state index contributed by atoms with van der Waals surface area (Å²) in [6, 6.07) is 19.3. The first-order chi connectivity index (χ1) is 11.7. The fraction of sp³-hybridized carbons (Fsp3) is 0.158. The van der Waals surface area contributed by atoms with E-state index >= 15 is 0 Å². The number of thioether (sulfide) groups is 1. The molecular formula is C19H18N2O2S. The largest absolute Gasteiger partial charge is 0.441 e. The molecule has 1 amide bonds. The molecule has 0 fully saturated rings. The molecule has 0 aliphatic heterocycles. The van der Waals surface area contributed by atoms with Gasteiger partial charge in [-0.15, -0.1) is 11.8 Å². The summed E-state index contributed by atoms with van der Waals surface area (Å²) in [5.41, 5.74) is 2.65. The van der Waals surface area contributed by atoms with E-state index in [9.17, 15) is 4.79 Å². The van der Waals surface area contributed by atoms with E-state index in [0.717, 1.165) is 22.7 Å². The topological polar surface area (TPSA) is 55.1 Å². The number of oxazole rings is 1. The molecule has 1 N–H and O–H groups in total. The van der Waals surface area contributed by atoms with Crippen LogP contribution in [0.4, 0.5) is 5.69 Å². The summed E-state index contributed by atoms with van der Waals surface area (Å²) >= 11 is 1.52. The van der Waals surface area contributed by atoms with Gasteiger partial charge in [-0.2, -0.15) is 0 Å². The van der Waals surface area contributed by atoms with Gasteiger partial charge in [0.25, 0.3) is 0 Å². The monoisotopic (exact) mass is 338 g/mol. The SMILES string of the molecule is Cc1oc(-c2ccccc2)nc1CSCC(=O)Nc1ccccc1. The van der Waals surface area contributed by atoms with Crippen molar-refractivity contribution in [3.8, 4) is 11.5 Å². The van der Waals surface area contributed by atoms with Crippen molar-refractivity contribution in [3.05, 3.63) is 72.1 Å². The number of benzene rings is 2. The predicted octanol–water partition coefficient (Wildman–Crippen LogP) is 4.52. The van der Waals surface area contributed by atoms with Gasteiger partial charge in [0, 0.05) is 17.0 Å². The Morgan fingerprint density at radius 3 is 2.46 bits per heavy atom. The number of hydrogen-bond donors (Lipinski definition) is 1. The van der Waals surface area contributed by atoms with E-state index in [4.69, 9.17) is 4.42 Å². The third kappa shape index (κ3) is 4.26. The molecule has 2 aromatic carbocycles. The Balaban J connectivity index is 1.54. The summed E-state index contributed by atoms with van der Waals surface area (Å²) in [5, 5.41) is 2.87. The molecule has 0 radical (unpaired) electrons. The number of rotatable bonds is 6. The molecule has 0 unspecified atom stereocenters. The first kappa shape index (κ1) is 16.3. The van der Waals surface area contributed by atoms with Crippen molar-refractivity contribution in [2.24, 2.45) is 0 Å². The number of carbonyl (C=O) groups excluding carboxylic acids is 1. The van der Waals surface area contributed by atoms with E-state index < -0.39 is 0 Å². The van der Waals surface area contributed by atoms with Gasteiger partial charge in [-0.3, -0.25) is 4.79 Å². The maximum absolute atomic E-state index is 11.9. The Kier molecular flexibility index (Phi) is 5.33. The van der Waals surface area contributed by atoms with Crippen LogP contribution >= 0.6 is 11.8 Å². The molecule has 0 saturated carbocycles. The number of anilines is 1. The minimum atomic E-state index is -0.0179. The quantitative estimate of drug-likeness (QED) is 0.718. The minimum absolute atomic E-state index is 0.0179. The molecule has 0 atom stereocenters. The second kappa shape index (κ2) is 7.84. The fourth-order valence-electron chi connectivity index (χ4n) is 2.23. The first-order valence-electron chi connectivity index (χ1n) is 7.67. The van der Waals surface area contributed by atoms with Crippen molar-refractivity contribution >= 4 is 23.4 Å². The molecule has 122 valence electrons. The molecule has 3 aromatic rings. The van der Waals surface area contributed by atoms with Gasteiger partial charge >= 0.3 is 0 Å². The summed E-state index contributed by atoms with van der Waals surface area (Å²) < 4.78 is 5.73. The van der Waals surface area contributed by atoms with Crippen molar-refractivity contribution in [2.45, 2.75) is 12.7 Å². The number of nitrogens with zero attached hydrogens (tertiary/aromatic N) is 1. The van der Waals surface area contributed by atoms with Gasteiger partial charge in [0.05, 0.1) is 11.4 Å². The molecule has 5 heteroatoms. The molecule has 1 aromatic heterocycles. The Labute approximate surface area is 145 Å². The van der Waals surface area contributed by atoms with Gasteiger partial charge in [-0.25, -0.2) is 4.98 Å². The van der Waals surface area contributed by atoms with Crippen LogP contribution in [-0.2, 0) is 10.5 Å². The molecule has 1 heterocycles. The zero-order valence-electron chi connectivity index (χ0n) is 13.4. The lowest BCUT2D eigenvalue weighted by atomic mass is 10.2. The minimum Gasteiger partial charge on any atom is -0.441 e. The first-order valence-corrected chi connectivity index (χ1v) is 8.82. The lowest BCUT2D eigenvalue weighted by Gasteiger charge is -2.04. The van der Waals surface area contributed by atoms with Gasteiger partial charge in [0.15, 0.2) is 0 Å². The number of nitrogens with one attached hydrogen (secondary N) is 1. The van der Waals surface area contributed by atoms with Gasteiger partial charge in [0.1, 0.15) is 5.76 Å².